The van der Waals surface area contributed by atoms with Gasteiger partial charge in [0, 0.05) is 0 Å². The third-order valence-electron chi connectivity index (χ3n) is 3.74. The largest absolute Gasteiger partial charge is 0.0795 e. The second-order valence-electron chi connectivity index (χ2n) is 5.08. The van der Waals surface area contributed by atoms with Crippen molar-refractivity contribution in [3.63, 3.8) is 0 Å². The lowest BCUT2D eigenvalue weighted by molar-refractivity contribution is 0.990. The lowest BCUT2D eigenvalue weighted by Crippen LogP contribution is -1.84. The molecule has 2 aliphatic carbocycles. The Morgan fingerprint density at radius 1 is 0.842 bits per heavy atom. The molecule has 0 bridgehead atoms. The molecule has 0 heteroatoms. The fourth-order valence-corrected chi connectivity index (χ4v) is 2.62. The molecule has 0 heterocycles. The molecule has 0 saturated heterocycles. The van der Waals surface area contributed by atoms with E-state index in [1.54, 1.807) is 0 Å². The highest BCUT2D eigenvalue weighted by Gasteiger charge is 2.09. The van der Waals surface area contributed by atoms with Gasteiger partial charge in [-0.2, -0.15) is 0 Å². The Labute approximate surface area is 115 Å². The van der Waals surface area contributed by atoms with Crippen LogP contribution in [0.5, 0.6) is 0 Å². The summed E-state index contributed by atoms with van der Waals surface area (Å²) in [5.41, 5.74) is 5.69. The molecule has 1 atom stereocenters. The maximum atomic E-state index is 2.24. The fraction of sp³-hybridized carbons (Fsp3) is 0.158. The summed E-state index contributed by atoms with van der Waals surface area (Å²) in [6.07, 6.45) is 9.93. The zero-order valence-corrected chi connectivity index (χ0v) is 11.2. The average Bonchev–Trinajstić information content (AvgIpc) is 3.07. The van der Waals surface area contributed by atoms with Crippen molar-refractivity contribution < 1.29 is 0 Å². The molecular formula is C19H18. The van der Waals surface area contributed by atoms with Crippen LogP contribution in [0.25, 0.3) is 12.2 Å². The summed E-state index contributed by atoms with van der Waals surface area (Å²) in [6, 6.07) is 17.0. The minimum Gasteiger partial charge on any atom is -0.0795 e. The summed E-state index contributed by atoms with van der Waals surface area (Å²) in [4.78, 5) is 0. The van der Waals surface area contributed by atoms with E-state index in [1.807, 2.05) is 0 Å². The van der Waals surface area contributed by atoms with Gasteiger partial charge in [0.1, 0.15) is 0 Å². The van der Waals surface area contributed by atoms with Crippen LogP contribution in [0.4, 0.5) is 0 Å². The monoisotopic (exact) mass is 246 g/mol. The molecule has 4 rings (SSSR count). The molecule has 0 amide bonds. The van der Waals surface area contributed by atoms with Gasteiger partial charge in [0.2, 0.25) is 0 Å². The summed E-state index contributed by atoms with van der Waals surface area (Å²) in [7, 11) is 0. The third-order valence-corrected chi connectivity index (χ3v) is 3.74. The molecule has 0 saturated carbocycles. The van der Waals surface area contributed by atoms with Crippen LogP contribution < -0.4 is 0 Å². The van der Waals surface area contributed by atoms with Crippen LogP contribution in [-0.2, 0) is 6.42 Å². The van der Waals surface area contributed by atoms with Crippen molar-refractivity contribution in [1.82, 2.24) is 0 Å². The quantitative estimate of drug-likeness (QED) is 0.608. The van der Waals surface area contributed by atoms with Gasteiger partial charge in [-0.1, -0.05) is 79.8 Å². The van der Waals surface area contributed by atoms with E-state index < -0.39 is 0 Å². The first-order valence-corrected chi connectivity index (χ1v) is 6.86. The lowest BCUT2D eigenvalue weighted by Gasteiger charge is -2.01. The highest BCUT2D eigenvalue weighted by atomic mass is 14.1. The molecule has 1 unspecified atom stereocenters. The molecule has 0 radical (unpaired) electrons. The Morgan fingerprint density at radius 2 is 1.58 bits per heavy atom. The average molecular weight is 246 g/mol. The molecule has 0 nitrogen and oxygen atoms in total. The summed E-state index contributed by atoms with van der Waals surface area (Å²) in [5.74, 6) is 0.621. The number of allylic oxidation sites excluding steroid dienone is 2. The molecule has 0 N–H and O–H groups in total. The van der Waals surface area contributed by atoms with E-state index in [9.17, 15) is 0 Å². The van der Waals surface area contributed by atoms with Gasteiger partial charge in [-0.25, -0.2) is 0 Å². The Hall–Kier alpha value is -2.08. The van der Waals surface area contributed by atoms with Crippen molar-refractivity contribution in [2.24, 2.45) is 0 Å². The summed E-state index contributed by atoms with van der Waals surface area (Å²) in [6.45, 7) is 2.22. The zero-order chi connectivity index (χ0) is 13.1. The van der Waals surface area contributed by atoms with Crippen molar-refractivity contribution in [2.75, 3.05) is 0 Å². The Bertz CT molecular complexity index is 632. The van der Waals surface area contributed by atoms with Crippen LogP contribution in [0.1, 0.15) is 35.1 Å². The minimum atomic E-state index is 0.621. The smallest absolute Gasteiger partial charge is 0.000118 e. The Balaban J connectivity index is 0.000000117. The van der Waals surface area contributed by atoms with E-state index >= 15 is 0 Å². The summed E-state index contributed by atoms with van der Waals surface area (Å²) < 4.78 is 0. The van der Waals surface area contributed by atoms with E-state index in [-0.39, 0.29) is 0 Å². The van der Waals surface area contributed by atoms with Crippen LogP contribution in [0.2, 0.25) is 0 Å². The first kappa shape index (κ1) is 12.0. The molecular weight excluding hydrogens is 228 g/mol. The number of benzene rings is 2. The van der Waals surface area contributed by atoms with Crippen molar-refractivity contribution >= 4 is 12.2 Å². The Kier molecular flexibility index (Phi) is 3.33. The Morgan fingerprint density at radius 3 is 2.37 bits per heavy atom. The first-order chi connectivity index (χ1) is 9.34. The number of hydrogen-bond acceptors (Lipinski definition) is 0. The molecule has 19 heavy (non-hydrogen) atoms. The zero-order valence-electron chi connectivity index (χ0n) is 11.2. The van der Waals surface area contributed by atoms with Crippen molar-refractivity contribution in [3.05, 3.63) is 82.9 Å². The predicted octanol–water partition coefficient (Wildman–Crippen LogP) is 5.07. The maximum Gasteiger partial charge on any atom is -0.000118 e. The van der Waals surface area contributed by atoms with Crippen LogP contribution in [0.15, 0.2) is 60.7 Å². The molecule has 2 aromatic carbocycles. The molecule has 2 aromatic rings. The van der Waals surface area contributed by atoms with Crippen molar-refractivity contribution in [3.8, 4) is 0 Å². The van der Waals surface area contributed by atoms with Gasteiger partial charge in [-0.05, 0) is 34.6 Å². The predicted molar refractivity (Wildman–Crippen MR) is 83.1 cm³/mol. The molecule has 0 spiro atoms. The minimum absolute atomic E-state index is 0.621. The number of rotatable bonds is 0. The molecule has 0 aromatic heterocycles. The second kappa shape index (κ2) is 5.27. The molecule has 0 aliphatic heterocycles. The van der Waals surface area contributed by atoms with Gasteiger partial charge in [-0.15, -0.1) is 0 Å². The third kappa shape index (κ3) is 2.53. The topological polar surface area (TPSA) is 0 Å². The highest BCUT2D eigenvalue weighted by molar-refractivity contribution is 5.61. The SMILES string of the molecule is C1=Cc2ccccc2C1.CC1C=Cc2ccccc21. The fourth-order valence-electron chi connectivity index (χ4n) is 2.62. The van der Waals surface area contributed by atoms with E-state index in [2.05, 4.69) is 79.8 Å². The van der Waals surface area contributed by atoms with E-state index in [4.69, 9.17) is 0 Å². The van der Waals surface area contributed by atoms with Crippen LogP contribution in [0, 0.1) is 0 Å². The van der Waals surface area contributed by atoms with Gasteiger partial charge >= 0.3 is 0 Å². The first-order valence-electron chi connectivity index (χ1n) is 6.86. The van der Waals surface area contributed by atoms with E-state index in [1.165, 1.54) is 22.3 Å². The highest BCUT2D eigenvalue weighted by Crippen LogP contribution is 2.28. The van der Waals surface area contributed by atoms with Crippen molar-refractivity contribution in [1.29, 1.82) is 0 Å². The maximum absolute atomic E-state index is 2.24. The lowest BCUT2D eigenvalue weighted by atomic mass is 10.0. The van der Waals surface area contributed by atoms with Gasteiger partial charge in [0.15, 0.2) is 0 Å². The van der Waals surface area contributed by atoms with Gasteiger partial charge in [-0.3, -0.25) is 0 Å². The molecule has 94 valence electrons. The van der Waals surface area contributed by atoms with Gasteiger partial charge < -0.3 is 0 Å². The second-order valence-corrected chi connectivity index (χ2v) is 5.08. The van der Waals surface area contributed by atoms with E-state index in [0.717, 1.165) is 6.42 Å². The number of fused-ring (bicyclic) bond motifs is 2. The standard InChI is InChI=1S/C10H10.C9H8/c1-8-6-7-9-4-2-3-5-10(8)9;1-2-5-9-7-3-6-8(9)4-1/h2-8H,1H3;1-6H,7H2. The normalized spacial score (nSPS) is 17.6. The summed E-state index contributed by atoms with van der Waals surface area (Å²) >= 11 is 0. The van der Waals surface area contributed by atoms with Crippen LogP contribution in [-0.4, -0.2) is 0 Å². The van der Waals surface area contributed by atoms with Gasteiger partial charge in [0.05, 0.1) is 0 Å². The van der Waals surface area contributed by atoms with Crippen LogP contribution >= 0.6 is 0 Å². The van der Waals surface area contributed by atoms with Crippen molar-refractivity contribution in [2.45, 2.75) is 19.3 Å². The molecule has 2 aliphatic rings. The van der Waals surface area contributed by atoms with E-state index in [0.29, 0.717) is 5.92 Å². The van der Waals surface area contributed by atoms with Crippen LogP contribution in [0.3, 0.4) is 0 Å². The van der Waals surface area contributed by atoms with Gasteiger partial charge in [0.25, 0.3) is 0 Å². The molecule has 0 fully saturated rings. The number of hydrogen-bond donors (Lipinski definition) is 0. The summed E-state index contributed by atoms with van der Waals surface area (Å²) in [5, 5.41) is 0.